The Hall–Kier alpha value is -1.98. The Morgan fingerprint density at radius 1 is 1.28 bits per heavy atom. The van der Waals surface area contributed by atoms with E-state index in [4.69, 9.17) is 16.3 Å². The lowest BCUT2D eigenvalue weighted by molar-refractivity contribution is -0.118. The fourth-order valence-corrected chi connectivity index (χ4v) is 3.80. The molecule has 0 aliphatic heterocycles. The molecule has 4 rings (SSSR count). The second-order valence-electron chi connectivity index (χ2n) is 6.31. The average molecular weight is 376 g/mol. The lowest BCUT2D eigenvalue weighted by Gasteiger charge is -2.06. The molecule has 2 aromatic carbocycles. The van der Waals surface area contributed by atoms with Crippen molar-refractivity contribution in [1.82, 2.24) is 4.98 Å². The summed E-state index contributed by atoms with van der Waals surface area (Å²) in [5, 5.41) is 1.06. The summed E-state index contributed by atoms with van der Waals surface area (Å²) in [6.45, 7) is 0. The zero-order valence-corrected chi connectivity index (χ0v) is 14.9. The minimum atomic E-state index is -0.425. The Labute approximate surface area is 153 Å². The van der Waals surface area contributed by atoms with Crippen LogP contribution in [0.4, 0.5) is 4.39 Å². The Morgan fingerprint density at radius 3 is 2.88 bits per heavy atom. The first-order valence-corrected chi connectivity index (χ1v) is 9.30. The van der Waals surface area contributed by atoms with E-state index in [9.17, 15) is 9.18 Å². The number of hydrogen-bond acceptors (Lipinski definition) is 4. The maximum atomic E-state index is 14.3. The molecule has 0 saturated heterocycles. The number of aromatic nitrogens is 1. The van der Waals surface area contributed by atoms with Gasteiger partial charge in [-0.25, -0.2) is 9.37 Å². The Morgan fingerprint density at radius 2 is 2.12 bits per heavy atom. The molecule has 0 radical (unpaired) electrons. The quantitative estimate of drug-likeness (QED) is 0.547. The van der Waals surface area contributed by atoms with Gasteiger partial charge in [0, 0.05) is 23.9 Å². The number of hydrogen-bond donors (Lipinski definition) is 0. The van der Waals surface area contributed by atoms with Crippen molar-refractivity contribution in [3.8, 4) is 10.9 Å². The summed E-state index contributed by atoms with van der Waals surface area (Å²) in [6, 6.07) is 9.98. The van der Waals surface area contributed by atoms with Gasteiger partial charge in [0.15, 0.2) is 0 Å². The molecule has 0 bridgehead atoms. The van der Waals surface area contributed by atoms with E-state index in [0.717, 1.165) is 23.1 Å². The molecule has 3 nitrogen and oxygen atoms in total. The largest absolute Gasteiger partial charge is 0.431 e. The molecule has 1 heterocycles. The maximum absolute atomic E-state index is 14.3. The predicted molar refractivity (Wildman–Crippen MR) is 97.2 cm³/mol. The van der Waals surface area contributed by atoms with Crippen molar-refractivity contribution in [2.75, 3.05) is 0 Å². The molecule has 0 amide bonds. The van der Waals surface area contributed by atoms with Crippen LogP contribution in [0, 0.1) is 11.7 Å². The van der Waals surface area contributed by atoms with Crippen molar-refractivity contribution in [3.63, 3.8) is 0 Å². The van der Waals surface area contributed by atoms with Gasteiger partial charge in [-0.3, -0.25) is 4.79 Å². The molecule has 25 heavy (non-hydrogen) atoms. The Bertz CT molecular complexity index is 952. The Balaban J connectivity index is 1.48. The summed E-state index contributed by atoms with van der Waals surface area (Å²) in [6.07, 6.45) is 2.94. The molecule has 0 atom stereocenters. The number of nitrogens with zero attached hydrogens (tertiary/aromatic N) is 1. The van der Waals surface area contributed by atoms with Gasteiger partial charge in [0.05, 0.1) is 10.2 Å². The minimum absolute atomic E-state index is 0.0955. The van der Waals surface area contributed by atoms with Crippen molar-refractivity contribution in [1.29, 1.82) is 0 Å². The van der Waals surface area contributed by atoms with Crippen LogP contribution in [0.1, 0.15) is 24.8 Å². The summed E-state index contributed by atoms with van der Waals surface area (Å²) in [4.78, 5) is 16.3. The molecule has 0 N–H and O–H groups in total. The third kappa shape index (κ3) is 3.99. The molecular weight excluding hydrogens is 361 g/mol. The summed E-state index contributed by atoms with van der Waals surface area (Å²) >= 11 is 7.31. The van der Waals surface area contributed by atoms with Gasteiger partial charge in [-0.2, -0.15) is 0 Å². The number of carbonyl (C=O) groups is 1. The highest BCUT2D eigenvalue weighted by molar-refractivity contribution is 7.20. The molecule has 1 fully saturated rings. The fraction of sp³-hybridized carbons (Fsp3) is 0.263. The van der Waals surface area contributed by atoms with E-state index in [-0.39, 0.29) is 12.2 Å². The number of rotatable bonds is 6. The zero-order chi connectivity index (χ0) is 17.4. The molecule has 6 heteroatoms. The predicted octanol–water partition coefficient (Wildman–Crippen LogP) is 5.79. The highest BCUT2D eigenvalue weighted by Gasteiger charge is 2.24. The van der Waals surface area contributed by atoms with Gasteiger partial charge in [0.2, 0.25) is 0 Å². The van der Waals surface area contributed by atoms with Crippen LogP contribution in [0.3, 0.4) is 0 Å². The van der Waals surface area contributed by atoms with Crippen LogP contribution in [0.5, 0.6) is 10.9 Å². The summed E-state index contributed by atoms with van der Waals surface area (Å²) in [7, 11) is 0. The first-order valence-electron chi connectivity index (χ1n) is 8.11. The number of ketones is 1. The number of carbonyl (C=O) groups excluding carboxylic acids is 1. The molecule has 1 saturated carbocycles. The van der Waals surface area contributed by atoms with Crippen molar-refractivity contribution in [2.45, 2.75) is 25.7 Å². The van der Waals surface area contributed by atoms with Gasteiger partial charge in [-0.15, -0.1) is 0 Å². The second kappa shape index (κ2) is 6.73. The zero-order valence-electron chi connectivity index (χ0n) is 13.3. The third-order valence-electron chi connectivity index (χ3n) is 4.16. The van der Waals surface area contributed by atoms with Crippen LogP contribution in [0.25, 0.3) is 10.2 Å². The number of Topliss-reactive ketones (excluding diaryl/α,β-unsaturated/α-hetero) is 1. The first kappa shape index (κ1) is 16.5. The van der Waals surface area contributed by atoms with E-state index in [1.807, 2.05) is 12.1 Å². The van der Waals surface area contributed by atoms with Gasteiger partial charge >= 0.3 is 0 Å². The van der Waals surface area contributed by atoms with E-state index in [0.29, 0.717) is 33.9 Å². The maximum Gasteiger partial charge on any atom is 0.279 e. The molecule has 3 aromatic rings. The van der Waals surface area contributed by atoms with Crippen molar-refractivity contribution < 1.29 is 13.9 Å². The monoisotopic (exact) mass is 375 g/mol. The molecule has 128 valence electrons. The number of fused-ring (bicyclic) bond motifs is 1. The highest BCUT2D eigenvalue weighted by Crippen LogP contribution is 2.34. The number of ether oxygens (including phenoxy) is 1. The highest BCUT2D eigenvalue weighted by atomic mass is 35.5. The molecule has 0 unspecified atom stereocenters. The SMILES string of the molecule is O=C(Cc1ccc(Oc2nc3ccc(Cl)cc3s2)cc1F)CC1CC1. The van der Waals surface area contributed by atoms with Crippen molar-refractivity contribution >= 4 is 38.9 Å². The van der Waals surface area contributed by atoms with E-state index in [1.165, 1.54) is 17.4 Å². The van der Waals surface area contributed by atoms with E-state index in [1.54, 1.807) is 18.2 Å². The lowest BCUT2D eigenvalue weighted by atomic mass is 10.0. The standard InChI is InChI=1S/C19H15ClFNO2S/c20-13-4-6-17-18(9-13)25-19(22-17)24-15-5-3-12(16(21)10-15)8-14(23)7-11-1-2-11/h3-6,9-11H,1-2,7-8H2. The summed E-state index contributed by atoms with van der Waals surface area (Å²) in [5.41, 5.74) is 1.20. The minimum Gasteiger partial charge on any atom is -0.431 e. The molecule has 0 spiro atoms. The number of halogens is 2. The van der Waals surface area contributed by atoms with Gasteiger partial charge in [0.25, 0.3) is 5.19 Å². The number of thiazole rings is 1. The van der Waals surface area contributed by atoms with Gasteiger partial charge < -0.3 is 4.74 Å². The Kier molecular flexibility index (Phi) is 4.44. The number of benzene rings is 2. The van der Waals surface area contributed by atoms with Gasteiger partial charge in [0.1, 0.15) is 17.3 Å². The van der Waals surface area contributed by atoms with Crippen LogP contribution in [-0.2, 0) is 11.2 Å². The van der Waals surface area contributed by atoms with Crippen LogP contribution in [0.15, 0.2) is 36.4 Å². The summed E-state index contributed by atoms with van der Waals surface area (Å²) < 4.78 is 20.8. The average Bonchev–Trinajstić information content (AvgIpc) is 3.28. The van der Waals surface area contributed by atoms with Crippen LogP contribution in [0.2, 0.25) is 5.02 Å². The first-order chi connectivity index (χ1) is 12.1. The van der Waals surface area contributed by atoms with E-state index >= 15 is 0 Å². The third-order valence-corrected chi connectivity index (χ3v) is 5.29. The van der Waals surface area contributed by atoms with Crippen molar-refractivity contribution in [2.24, 2.45) is 5.92 Å². The molecule has 1 aliphatic rings. The lowest BCUT2D eigenvalue weighted by Crippen LogP contribution is -2.05. The smallest absolute Gasteiger partial charge is 0.279 e. The topological polar surface area (TPSA) is 39.2 Å². The second-order valence-corrected chi connectivity index (χ2v) is 7.74. The van der Waals surface area contributed by atoms with Crippen LogP contribution in [-0.4, -0.2) is 10.8 Å². The molecular formula is C19H15ClFNO2S. The van der Waals surface area contributed by atoms with Gasteiger partial charge in [-0.1, -0.05) is 29.0 Å². The fourth-order valence-electron chi connectivity index (χ4n) is 2.69. The van der Waals surface area contributed by atoms with Crippen LogP contribution < -0.4 is 4.74 Å². The van der Waals surface area contributed by atoms with E-state index in [2.05, 4.69) is 4.98 Å². The van der Waals surface area contributed by atoms with Gasteiger partial charge in [-0.05, 0) is 48.6 Å². The van der Waals surface area contributed by atoms with E-state index < -0.39 is 5.82 Å². The summed E-state index contributed by atoms with van der Waals surface area (Å²) in [5.74, 6) is 0.552. The normalized spacial score (nSPS) is 14.0. The molecule has 1 aliphatic carbocycles. The molecule has 1 aromatic heterocycles. The van der Waals surface area contributed by atoms with Crippen LogP contribution >= 0.6 is 22.9 Å². The van der Waals surface area contributed by atoms with Crippen molar-refractivity contribution in [3.05, 3.63) is 52.8 Å².